The van der Waals surface area contributed by atoms with Gasteiger partial charge in [-0.1, -0.05) is 31.4 Å². The molecule has 1 aromatic carbocycles. The second-order valence-electron chi connectivity index (χ2n) is 9.59. The summed E-state index contributed by atoms with van der Waals surface area (Å²) in [6.07, 6.45) is 8.39. The van der Waals surface area contributed by atoms with Gasteiger partial charge in [-0.2, -0.15) is 0 Å². The molecule has 2 saturated heterocycles. The van der Waals surface area contributed by atoms with Gasteiger partial charge in [0.15, 0.2) is 0 Å². The van der Waals surface area contributed by atoms with Gasteiger partial charge in [-0.3, -0.25) is 9.69 Å². The molecule has 32 heavy (non-hydrogen) atoms. The average molecular weight is 440 g/mol. The van der Waals surface area contributed by atoms with Crippen LogP contribution in [0.25, 0.3) is 11.0 Å². The van der Waals surface area contributed by atoms with Crippen LogP contribution < -0.4 is 10.2 Å². The number of nitrogens with zero attached hydrogens (tertiary/aromatic N) is 4. The van der Waals surface area contributed by atoms with Crippen LogP contribution in [0.1, 0.15) is 51.0 Å². The van der Waals surface area contributed by atoms with Crippen LogP contribution >= 0.6 is 0 Å². The molecule has 2 aliphatic heterocycles. The van der Waals surface area contributed by atoms with Gasteiger partial charge in [0.25, 0.3) is 0 Å². The van der Waals surface area contributed by atoms with E-state index in [-0.39, 0.29) is 11.8 Å². The van der Waals surface area contributed by atoms with Gasteiger partial charge in [0, 0.05) is 45.3 Å². The highest BCUT2D eigenvalue weighted by molar-refractivity contribution is 5.81. The van der Waals surface area contributed by atoms with Crippen LogP contribution in [0, 0.1) is 5.92 Å². The summed E-state index contributed by atoms with van der Waals surface area (Å²) in [7, 11) is 0. The van der Waals surface area contributed by atoms with E-state index in [0.29, 0.717) is 6.04 Å². The lowest BCUT2D eigenvalue weighted by Gasteiger charge is -2.35. The molecule has 5 rings (SSSR count). The topological polar surface area (TPSA) is 62.6 Å². The maximum Gasteiger partial charge on any atom is 0.224 e. The molecular formula is C25H37N5O2. The molecule has 3 heterocycles. The number of imidazole rings is 1. The van der Waals surface area contributed by atoms with Gasteiger partial charge < -0.3 is 19.5 Å². The Balaban J connectivity index is 1.27. The van der Waals surface area contributed by atoms with Crippen LogP contribution in [0.5, 0.6) is 0 Å². The van der Waals surface area contributed by atoms with Gasteiger partial charge >= 0.3 is 0 Å². The molecule has 3 fully saturated rings. The largest absolute Gasteiger partial charge is 0.379 e. The Hall–Kier alpha value is -2.12. The molecule has 1 saturated carbocycles. The van der Waals surface area contributed by atoms with E-state index in [2.05, 4.69) is 43.9 Å². The number of ether oxygens (including phenoxy) is 1. The Labute approximate surface area is 191 Å². The number of nitrogens with one attached hydrogen (secondary N) is 1. The highest BCUT2D eigenvalue weighted by Crippen LogP contribution is 2.36. The number of rotatable bonds is 6. The quantitative estimate of drug-likeness (QED) is 0.749. The molecule has 1 atom stereocenters. The van der Waals surface area contributed by atoms with E-state index in [1.54, 1.807) is 0 Å². The van der Waals surface area contributed by atoms with Crippen molar-refractivity contribution in [2.45, 2.75) is 51.0 Å². The molecule has 1 aliphatic carbocycles. The molecule has 7 heteroatoms. The minimum absolute atomic E-state index is 0.0352. The molecule has 1 amide bonds. The standard InChI is InChI=1S/C25H37N5O2/c31-24(26-12-14-28-15-17-32-18-16-28)20-7-6-13-29(19-20)25-27-22-10-4-5-11-23(22)30(25)21-8-2-1-3-9-21/h4-5,10-11,20-21H,1-3,6-9,12-19H2,(H,26,31). The smallest absolute Gasteiger partial charge is 0.224 e. The van der Waals surface area contributed by atoms with E-state index in [9.17, 15) is 4.79 Å². The van der Waals surface area contributed by atoms with Gasteiger partial charge in [0.05, 0.1) is 30.2 Å². The first-order valence-corrected chi connectivity index (χ1v) is 12.6. The van der Waals surface area contributed by atoms with E-state index in [4.69, 9.17) is 9.72 Å². The molecule has 2 aromatic rings. The van der Waals surface area contributed by atoms with Gasteiger partial charge in [-0.05, 0) is 37.8 Å². The monoisotopic (exact) mass is 439 g/mol. The number of fused-ring (bicyclic) bond motifs is 1. The van der Waals surface area contributed by atoms with E-state index in [1.165, 1.54) is 37.6 Å². The first-order chi connectivity index (χ1) is 15.8. The van der Waals surface area contributed by atoms with E-state index < -0.39 is 0 Å². The number of piperidine rings is 1. The van der Waals surface area contributed by atoms with Gasteiger partial charge in [-0.15, -0.1) is 0 Å². The Kier molecular flexibility index (Phi) is 6.93. The van der Waals surface area contributed by atoms with Crippen molar-refractivity contribution in [3.63, 3.8) is 0 Å². The lowest BCUT2D eigenvalue weighted by atomic mass is 9.95. The van der Waals surface area contributed by atoms with Crippen LogP contribution in [0.2, 0.25) is 0 Å². The number of amides is 1. The number of carbonyl (C=O) groups excluding carboxylic acids is 1. The zero-order valence-electron chi connectivity index (χ0n) is 19.2. The third-order valence-corrected chi connectivity index (χ3v) is 7.42. The van der Waals surface area contributed by atoms with Crippen molar-refractivity contribution in [1.82, 2.24) is 19.8 Å². The normalized spacial score (nSPS) is 23.5. The Bertz CT molecular complexity index is 901. The Morgan fingerprint density at radius 1 is 1.03 bits per heavy atom. The number of carbonyl (C=O) groups is 1. The van der Waals surface area contributed by atoms with E-state index in [0.717, 1.165) is 76.8 Å². The second-order valence-corrected chi connectivity index (χ2v) is 9.59. The van der Waals surface area contributed by atoms with Crippen LogP contribution in [0.15, 0.2) is 24.3 Å². The van der Waals surface area contributed by atoms with Crippen molar-refractivity contribution < 1.29 is 9.53 Å². The van der Waals surface area contributed by atoms with Crippen LogP contribution in [0.4, 0.5) is 5.95 Å². The summed E-state index contributed by atoms with van der Waals surface area (Å²) >= 11 is 0. The third kappa shape index (κ3) is 4.79. The molecule has 3 aliphatic rings. The number of hydrogen-bond acceptors (Lipinski definition) is 5. The predicted octanol–water partition coefficient (Wildman–Crippen LogP) is 3.21. The number of benzene rings is 1. The Morgan fingerprint density at radius 3 is 2.69 bits per heavy atom. The molecule has 1 aromatic heterocycles. The third-order valence-electron chi connectivity index (χ3n) is 7.42. The molecule has 0 spiro atoms. The summed E-state index contributed by atoms with van der Waals surface area (Å²) in [5.74, 6) is 1.31. The minimum Gasteiger partial charge on any atom is -0.379 e. The number of morpholine rings is 1. The highest BCUT2D eigenvalue weighted by atomic mass is 16.5. The molecule has 1 unspecified atom stereocenters. The van der Waals surface area contributed by atoms with Crippen LogP contribution in [0.3, 0.4) is 0 Å². The molecule has 7 nitrogen and oxygen atoms in total. The zero-order valence-corrected chi connectivity index (χ0v) is 19.2. The maximum absolute atomic E-state index is 13.0. The van der Waals surface area contributed by atoms with E-state index in [1.807, 2.05) is 0 Å². The maximum atomic E-state index is 13.0. The zero-order chi connectivity index (χ0) is 21.8. The molecular weight excluding hydrogens is 402 g/mol. The van der Waals surface area contributed by atoms with Crippen molar-refractivity contribution in [3.8, 4) is 0 Å². The van der Waals surface area contributed by atoms with Gasteiger partial charge in [0.2, 0.25) is 11.9 Å². The molecule has 174 valence electrons. The number of anilines is 1. The molecule has 0 radical (unpaired) electrons. The highest BCUT2D eigenvalue weighted by Gasteiger charge is 2.30. The van der Waals surface area contributed by atoms with Crippen molar-refractivity contribution in [3.05, 3.63) is 24.3 Å². The molecule has 0 bridgehead atoms. The van der Waals surface area contributed by atoms with E-state index >= 15 is 0 Å². The SMILES string of the molecule is O=C(NCCN1CCOCC1)C1CCCN(c2nc3ccccc3n2C2CCCCC2)C1. The lowest BCUT2D eigenvalue weighted by molar-refractivity contribution is -0.125. The van der Waals surface area contributed by atoms with Gasteiger partial charge in [-0.25, -0.2) is 4.98 Å². The first kappa shape index (κ1) is 21.7. The fourth-order valence-corrected chi connectivity index (χ4v) is 5.63. The summed E-state index contributed by atoms with van der Waals surface area (Å²) in [6, 6.07) is 9.05. The molecule has 1 N–H and O–H groups in total. The van der Waals surface area contributed by atoms with Crippen molar-refractivity contribution in [2.75, 3.05) is 57.4 Å². The van der Waals surface area contributed by atoms with Crippen molar-refractivity contribution >= 4 is 22.9 Å². The summed E-state index contributed by atoms with van der Waals surface area (Å²) in [4.78, 5) is 22.8. The summed E-state index contributed by atoms with van der Waals surface area (Å²) in [6.45, 7) is 6.89. The summed E-state index contributed by atoms with van der Waals surface area (Å²) in [5.41, 5.74) is 2.32. The predicted molar refractivity (Wildman–Crippen MR) is 127 cm³/mol. The summed E-state index contributed by atoms with van der Waals surface area (Å²) < 4.78 is 7.90. The van der Waals surface area contributed by atoms with Crippen LogP contribution in [-0.2, 0) is 9.53 Å². The summed E-state index contributed by atoms with van der Waals surface area (Å²) in [5, 5.41) is 3.20. The fraction of sp³-hybridized carbons (Fsp3) is 0.680. The fourth-order valence-electron chi connectivity index (χ4n) is 5.63. The number of aromatic nitrogens is 2. The van der Waals surface area contributed by atoms with Gasteiger partial charge in [0.1, 0.15) is 0 Å². The van der Waals surface area contributed by atoms with Crippen LogP contribution in [-0.4, -0.2) is 72.8 Å². The van der Waals surface area contributed by atoms with Crippen molar-refractivity contribution in [2.24, 2.45) is 5.92 Å². The average Bonchev–Trinajstić information content (AvgIpc) is 3.25. The minimum atomic E-state index is 0.0352. The first-order valence-electron chi connectivity index (χ1n) is 12.6. The second kappa shape index (κ2) is 10.2. The number of para-hydroxylation sites is 2. The van der Waals surface area contributed by atoms with Crippen molar-refractivity contribution in [1.29, 1.82) is 0 Å². The number of hydrogen-bond donors (Lipinski definition) is 1. The Morgan fingerprint density at radius 2 is 1.84 bits per heavy atom. The lowest BCUT2D eigenvalue weighted by Crippen LogP contribution is -2.46.